The van der Waals surface area contributed by atoms with Crippen LogP contribution in [0.3, 0.4) is 0 Å². The van der Waals surface area contributed by atoms with E-state index in [4.69, 9.17) is 0 Å². The Morgan fingerprint density at radius 1 is 1.50 bits per heavy atom. The zero-order valence-electron chi connectivity index (χ0n) is 10.6. The van der Waals surface area contributed by atoms with Gasteiger partial charge in [0.2, 0.25) is 0 Å². The highest BCUT2D eigenvalue weighted by Gasteiger charge is 2.45. The van der Waals surface area contributed by atoms with Crippen molar-refractivity contribution in [3.63, 3.8) is 0 Å². The lowest BCUT2D eigenvalue weighted by atomic mass is 9.78. The van der Waals surface area contributed by atoms with Crippen molar-refractivity contribution in [1.29, 1.82) is 5.26 Å². The van der Waals surface area contributed by atoms with Gasteiger partial charge >= 0.3 is 0 Å². The first-order valence-electron chi connectivity index (χ1n) is 6.46. The first-order chi connectivity index (χ1) is 8.61. The second-order valence-electron chi connectivity index (χ2n) is 5.24. The lowest BCUT2D eigenvalue weighted by Crippen LogP contribution is -2.24. The second-order valence-corrected chi connectivity index (χ2v) is 5.24. The van der Waals surface area contributed by atoms with Crippen LogP contribution in [0.1, 0.15) is 44.3 Å². The van der Waals surface area contributed by atoms with Gasteiger partial charge in [0, 0.05) is 0 Å². The van der Waals surface area contributed by atoms with Crippen molar-refractivity contribution < 1.29 is 9.50 Å². The number of hydrogen-bond acceptors (Lipinski definition) is 2. The van der Waals surface area contributed by atoms with E-state index in [2.05, 4.69) is 13.0 Å². The molecule has 0 aromatic heterocycles. The largest absolute Gasteiger partial charge is 0.387 e. The van der Waals surface area contributed by atoms with Crippen LogP contribution in [0, 0.1) is 28.5 Å². The van der Waals surface area contributed by atoms with E-state index >= 15 is 0 Å². The van der Waals surface area contributed by atoms with Gasteiger partial charge in [0.15, 0.2) is 0 Å². The number of halogens is 1. The minimum Gasteiger partial charge on any atom is -0.387 e. The van der Waals surface area contributed by atoms with Gasteiger partial charge in [-0.25, -0.2) is 4.39 Å². The molecule has 0 aliphatic heterocycles. The van der Waals surface area contributed by atoms with E-state index in [1.54, 1.807) is 12.1 Å². The van der Waals surface area contributed by atoms with Gasteiger partial charge in [-0.15, -0.1) is 0 Å². The molecule has 1 aliphatic carbocycles. The van der Waals surface area contributed by atoms with Gasteiger partial charge in [0.1, 0.15) is 5.82 Å². The summed E-state index contributed by atoms with van der Waals surface area (Å²) < 4.78 is 12.9. The lowest BCUT2D eigenvalue weighted by Gasteiger charge is -2.27. The van der Waals surface area contributed by atoms with Crippen molar-refractivity contribution in [1.82, 2.24) is 0 Å². The zero-order valence-corrected chi connectivity index (χ0v) is 10.6. The molecule has 96 valence electrons. The molecule has 1 N–H and O–H groups in total. The first kappa shape index (κ1) is 13.0. The quantitative estimate of drug-likeness (QED) is 0.887. The third-order valence-electron chi connectivity index (χ3n) is 4.16. The van der Waals surface area contributed by atoms with E-state index in [-0.39, 0.29) is 5.82 Å². The van der Waals surface area contributed by atoms with Gasteiger partial charge in [-0.3, -0.25) is 0 Å². The first-order valence-corrected chi connectivity index (χ1v) is 6.46. The molecule has 0 saturated heterocycles. The van der Waals surface area contributed by atoms with Crippen LogP contribution in [0.5, 0.6) is 0 Å². The van der Waals surface area contributed by atoms with Crippen molar-refractivity contribution in [2.75, 3.05) is 0 Å². The molecule has 0 bridgehead atoms. The monoisotopic (exact) mass is 247 g/mol. The van der Waals surface area contributed by atoms with Crippen molar-refractivity contribution >= 4 is 0 Å². The molecular formula is C15H18FNO. The zero-order chi connectivity index (χ0) is 13.2. The maximum atomic E-state index is 12.9. The number of aliphatic hydroxyl groups is 1. The van der Waals surface area contributed by atoms with Crippen molar-refractivity contribution in [3.05, 3.63) is 35.6 Å². The average molecular weight is 247 g/mol. The van der Waals surface area contributed by atoms with Crippen molar-refractivity contribution in [2.24, 2.45) is 11.3 Å². The fourth-order valence-corrected chi connectivity index (χ4v) is 2.90. The molecule has 1 fully saturated rings. The Morgan fingerprint density at radius 3 is 2.67 bits per heavy atom. The molecule has 0 amide bonds. The molecule has 0 heterocycles. The summed E-state index contributed by atoms with van der Waals surface area (Å²) in [5.74, 6) is 0.189. The number of benzene rings is 1. The molecule has 2 nitrogen and oxygen atoms in total. The van der Waals surface area contributed by atoms with Crippen LogP contribution in [0.2, 0.25) is 0 Å². The molecule has 0 radical (unpaired) electrons. The Balaban J connectivity index is 2.24. The smallest absolute Gasteiger partial charge is 0.123 e. The van der Waals surface area contributed by atoms with Gasteiger partial charge in [0.25, 0.3) is 0 Å². The van der Waals surface area contributed by atoms with Gasteiger partial charge < -0.3 is 5.11 Å². The molecule has 1 saturated carbocycles. The average Bonchev–Trinajstić information content (AvgIpc) is 2.84. The van der Waals surface area contributed by atoms with E-state index in [9.17, 15) is 14.8 Å². The molecule has 2 rings (SSSR count). The van der Waals surface area contributed by atoms with Crippen LogP contribution < -0.4 is 0 Å². The topological polar surface area (TPSA) is 44.0 Å². The van der Waals surface area contributed by atoms with Crippen LogP contribution in [0.25, 0.3) is 0 Å². The van der Waals surface area contributed by atoms with E-state index in [1.807, 2.05) is 0 Å². The number of aliphatic hydroxyl groups excluding tert-OH is 1. The third kappa shape index (κ3) is 2.26. The number of nitrogens with zero attached hydrogens (tertiary/aromatic N) is 1. The molecular weight excluding hydrogens is 229 g/mol. The highest BCUT2D eigenvalue weighted by Crippen LogP contribution is 2.50. The summed E-state index contributed by atoms with van der Waals surface area (Å²) >= 11 is 0. The van der Waals surface area contributed by atoms with E-state index in [0.717, 1.165) is 25.7 Å². The number of rotatable bonds is 3. The summed E-state index contributed by atoms with van der Waals surface area (Å²) in [7, 11) is 0. The predicted molar refractivity (Wildman–Crippen MR) is 67.0 cm³/mol. The number of hydrogen-bond donors (Lipinski definition) is 1. The van der Waals surface area contributed by atoms with Crippen LogP contribution in [0.4, 0.5) is 4.39 Å². The van der Waals surface area contributed by atoms with Gasteiger partial charge in [-0.05, 0) is 42.9 Å². The Bertz CT molecular complexity index is 451. The van der Waals surface area contributed by atoms with Crippen LogP contribution in [-0.2, 0) is 0 Å². The fraction of sp³-hybridized carbons (Fsp3) is 0.533. The summed E-state index contributed by atoms with van der Waals surface area (Å²) in [6, 6.07) is 8.10. The molecule has 0 spiro atoms. The highest BCUT2D eigenvalue weighted by molar-refractivity contribution is 5.24. The molecule has 3 unspecified atom stereocenters. The molecule has 1 aliphatic rings. The summed E-state index contributed by atoms with van der Waals surface area (Å²) in [6.45, 7) is 2.11. The minimum atomic E-state index is -0.820. The maximum absolute atomic E-state index is 12.9. The standard InChI is InChI=1S/C15H18FNO/c1-2-11-7-8-15(9-11,10-17)14(18)12-3-5-13(16)6-4-12/h3-6,11,14,18H,2,7-9H2,1H3. The van der Waals surface area contributed by atoms with Crippen molar-refractivity contribution in [3.8, 4) is 6.07 Å². The lowest BCUT2D eigenvalue weighted by molar-refractivity contribution is 0.0640. The van der Waals surface area contributed by atoms with E-state index in [0.29, 0.717) is 11.5 Å². The summed E-state index contributed by atoms with van der Waals surface area (Å²) in [4.78, 5) is 0. The fourth-order valence-electron chi connectivity index (χ4n) is 2.90. The Hall–Kier alpha value is -1.40. The Labute approximate surface area is 107 Å². The predicted octanol–water partition coefficient (Wildman–Crippen LogP) is 3.58. The maximum Gasteiger partial charge on any atom is 0.123 e. The SMILES string of the molecule is CCC1CCC(C#N)(C(O)c2ccc(F)cc2)C1. The van der Waals surface area contributed by atoms with E-state index < -0.39 is 11.5 Å². The second kappa shape index (κ2) is 5.07. The van der Waals surface area contributed by atoms with Crippen LogP contribution >= 0.6 is 0 Å². The van der Waals surface area contributed by atoms with Gasteiger partial charge in [-0.2, -0.15) is 5.26 Å². The normalized spacial score (nSPS) is 28.9. The highest BCUT2D eigenvalue weighted by atomic mass is 19.1. The van der Waals surface area contributed by atoms with Gasteiger partial charge in [0.05, 0.1) is 17.6 Å². The molecule has 1 aromatic rings. The van der Waals surface area contributed by atoms with Crippen LogP contribution in [0.15, 0.2) is 24.3 Å². The molecule has 18 heavy (non-hydrogen) atoms. The van der Waals surface area contributed by atoms with Crippen LogP contribution in [-0.4, -0.2) is 5.11 Å². The minimum absolute atomic E-state index is 0.324. The molecule has 3 atom stereocenters. The Kier molecular flexibility index (Phi) is 3.68. The van der Waals surface area contributed by atoms with Gasteiger partial charge in [-0.1, -0.05) is 25.5 Å². The Morgan fingerprint density at radius 2 is 2.17 bits per heavy atom. The summed E-state index contributed by atoms with van der Waals surface area (Å²) in [5.41, 5.74) is -0.0619. The number of nitriles is 1. The van der Waals surface area contributed by atoms with E-state index in [1.165, 1.54) is 12.1 Å². The van der Waals surface area contributed by atoms with Crippen molar-refractivity contribution in [2.45, 2.75) is 38.7 Å². The summed E-state index contributed by atoms with van der Waals surface area (Å²) in [6.07, 6.45) is 2.67. The molecule has 3 heteroatoms. The summed E-state index contributed by atoms with van der Waals surface area (Å²) in [5, 5.41) is 19.9. The molecule has 1 aromatic carbocycles. The third-order valence-corrected chi connectivity index (χ3v) is 4.16.